The number of aromatic nitrogens is 2. The van der Waals surface area contributed by atoms with Gasteiger partial charge in [-0.15, -0.1) is 0 Å². The number of benzene rings is 1. The highest BCUT2D eigenvalue weighted by Gasteiger charge is 2.40. The molecule has 0 saturated carbocycles. The van der Waals surface area contributed by atoms with Crippen LogP contribution in [0.4, 0.5) is 29.1 Å². The average molecular weight is 744 g/mol. The van der Waals surface area contributed by atoms with Crippen molar-refractivity contribution in [1.29, 1.82) is 0 Å². The first-order valence-corrected chi connectivity index (χ1v) is 16.9. The summed E-state index contributed by atoms with van der Waals surface area (Å²) in [4.78, 5) is 31.4. The number of aliphatic imine (C=N–C) groups is 1. The average Bonchev–Trinajstić information content (AvgIpc) is 3.60. The van der Waals surface area contributed by atoms with Gasteiger partial charge in [0.05, 0.1) is 59.7 Å². The predicted octanol–water partition coefficient (Wildman–Crippen LogP) is 5.41. The molecule has 1 amide bonds. The maximum Gasteiger partial charge on any atom is 0.418 e. The summed E-state index contributed by atoms with van der Waals surface area (Å²) >= 11 is 12.5. The summed E-state index contributed by atoms with van der Waals surface area (Å²) < 4.78 is 65.0. The summed E-state index contributed by atoms with van der Waals surface area (Å²) in [7, 11) is 4.51. The van der Waals surface area contributed by atoms with Crippen molar-refractivity contribution in [1.82, 2.24) is 19.8 Å². The number of hydrogen-bond acceptors (Lipinski definition) is 10. The number of anilines is 2. The molecule has 17 heteroatoms. The first-order chi connectivity index (χ1) is 23.7. The number of nitrogen functional groups attached to an aromatic ring is 1. The van der Waals surface area contributed by atoms with E-state index in [9.17, 15) is 22.4 Å². The van der Waals surface area contributed by atoms with Crippen molar-refractivity contribution < 1.29 is 31.8 Å². The molecule has 4 N–H and O–H groups in total. The molecule has 0 aliphatic carbocycles. The number of nitrogens with zero attached hydrogens (tertiary/aromatic N) is 6. The first-order valence-electron chi connectivity index (χ1n) is 16.1. The van der Waals surface area contributed by atoms with Crippen LogP contribution in [0.15, 0.2) is 39.8 Å². The summed E-state index contributed by atoms with van der Waals surface area (Å²) in [6.45, 7) is 3.10. The molecule has 5 heterocycles. The molecule has 6 rings (SSSR count). The quantitative estimate of drug-likeness (QED) is 0.234. The zero-order valence-electron chi connectivity index (χ0n) is 28.0. The molecule has 50 heavy (non-hydrogen) atoms. The highest BCUT2D eigenvalue weighted by molar-refractivity contribution is 6.45. The van der Waals surface area contributed by atoms with Crippen LogP contribution in [0.5, 0.6) is 6.01 Å². The van der Waals surface area contributed by atoms with E-state index in [1.54, 1.807) is 14.1 Å². The number of nitrogens with two attached hydrogens (primary N) is 2. The summed E-state index contributed by atoms with van der Waals surface area (Å²) in [5, 5.41) is -0.471. The van der Waals surface area contributed by atoms with Gasteiger partial charge < -0.3 is 30.7 Å². The molecule has 11 nitrogen and oxygen atoms in total. The monoisotopic (exact) mass is 742 g/mol. The lowest BCUT2D eigenvalue weighted by molar-refractivity contribution is -0.139. The lowest BCUT2D eigenvalue weighted by Gasteiger charge is -2.31. The van der Waals surface area contributed by atoms with Crippen LogP contribution in [0.3, 0.4) is 0 Å². The van der Waals surface area contributed by atoms with E-state index in [1.807, 2.05) is 4.90 Å². The standard InChI is InChI=1S/C25H28Cl2F3N7O3.C8H12FN/c1-36(2)23(38)21(32)20(27)17-10-37(6-4-5-33-17)22-14-11-40-18(9-16(14)34-24(35-22)39-3)13-7-12(31)8-15(26)19(13)25(28,29)30;9-5-7-4-8-2-1-3-10(8)6-7/h7-8,18H,4-6,9-11,31-32H2,1-3H3;5,8H,1-4,6H2/b21-20+;7-5-. The lowest BCUT2D eigenvalue weighted by Crippen LogP contribution is -2.35. The van der Waals surface area contributed by atoms with Gasteiger partial charge in [0.25, 0.3) is 5.91 Å². The molecule has 4 aliphatic rings. The van der Waals surface area contributed by atoms with Crippen LogP contribution in [0.25, 0.3) is 0 Å². The van der Waals surface area contributed by atoms with Gasteiger partial charge in [-0.2, -0.15) is 23.1 Å². The number of likely N-dealkylation sites (N-methyl/N-ethyl adjacent to an activating group) is 1. The van der Waals surface area contributed by atoms with E-state index in [2.05, 4.69) is 19.9 Å². The molecular formula is C33H40Cl2F4N8O3. The second-order valence-electron chi connectivity index (χ2n) is 12.7. The van der Waals surface area contributed by atoms with Gasteiger partial charge in [-0.05, 0) is 55.5 Å². The van der Waals surface area contributed by atoms with Crippen LogP contribution in [0, 0.1) is 0 Å². The molecule has 1 aromatic heterocycles. The second kappa shape index (κ2) is 15.7. The van der Waals surface area contributed by atoms with E-state index in [1.165, 1.54) is 37.5 Å². The first kappa shape index (κ1) is 37.6. The van der Waals surface area contributed by atoms with Gasteiger partial charge in [0.2, 0.25) is 0 Å². The van der Waals surface area contributed by atoms with Crippen molar-refractivity contribution in [2.75, 3.05) is 64.6 Å². The van der Waals surface area contributed by atoms with E-state index < -0.39 is 28.8 Å². The number of ether oxygens (including phenoxy) is 2. The number of carbonyl (C=O) groups is 1. The van der Waals surface area contributed by atoms with E-state index in [-0.39, 0.29) is 47.6 Å². The van der Waals surface area contributed by atoms with Crippen LogP contribution in [0.2, 0.25) is 5.02 Å². The van der Waals surface area contributed by atoms with Crippen molar-refractivity contribution in [2.24, 2.45) is 10.7 Å². The van der Waals surface area contributed by atoms with Gasteiger partial charge in [-0.25, -0.2) is 4.39 Å². The summed E-state index contributed by atoms with van der Waals surface area (Å²) in [5.74, 6) is 0.00225. The summed E-state index contributed by atoms with van der Waals surface area (Å²) in [6.07, 6.45) is -0.757. The van der Waals surface area contributed by atoms with Crippen molar-refractivity contribution in [3.63, 3.8) is 0 Å². The number of halogens is 6. The largest absolute Gasteiger partial charge is 0.467 e. The molecule has 272 valence electrons. The Morgan fingerprint density at radius 1 is 1.16 bits per heavy atom. The van der Waals surface area contributed by atoms with Gasteiger partial charge in [0.15, 0.2) is 0 Å². The number of fused-ring (bicyclic) bond motifs is 2. The molecule has 0 bridgehead atoms. The number of methoxy groups -OCH3 is 1. The lowest BCUT2D eigenvalue weighted by atomic mass is 9.94. The third kappa shape index (κ3) is 8.27. The fourth-order valence-corrected chi connectivity index (χ4v) is 7.17. The molecule has 0 spiro atoms. The Morgan fingerprint density at radius 2 is 1.92 bits per heavy atom. The van der Waals surface area contributed by atoms with Gasteiger partial charge >= 0.3 is 12.2 Å². The number of rotatable bonds is 5. The highest BCUT2D eigenvalue weighted by Crippen LogP contribution is 2.44. The maximum absolute atomic E-state index is 13.9. The van der Waals surface area contributed by atoms with Crippen molar-refractivity contribution >= 4 is 46.3 Å². The minimum absolute atomic E-state index is 0.0101. The summed E-state index contributed by atoms with van der Waals surface area (Å²) in [5.41, 5.74) is 13.0. The van der Waals surface area contributed by atoms with Crippen LogP contribution in [0.1, 0.15) is 54.2 Å². The zero-order valence-corrected chi connectivity index (χ0v) is 29.5. The molecule has 2 saturated heterocycles. The van der Waals surface area contributed by atoms with Crippen molar-refractivity contribution in [3.8, 4) is 6.01 Å². The Kier molecular flexibility index (Phi) is 11.8. The number of carbonyl (C=O) groups excluding carboxylic acids is 1. The van der Waals surface area contributed by atoms with Gasteiger partial charge in [-0.1, -0.05) is 23.2 Å². The van der Waals surface area contributed by atoms with E-state index in [0.717, 1.165) is 30.9 Å². The van der Waals surface area contributed by atoms with E-state index in [0.29, 0.717) is 48.3 Å². The SMILES string of the molecule is COc1nc2c(c(N3CCCN=C(/C(Cl)=C(\N)C(=O)N(C)C)C3)n1)COC(c1cc(N)cc(Cl)c1C(F)(F)F)C2.F/C=C1/CC2CCCN2C1. The summed E-state index contributed by atoms with van der Waals surface area (Å²) in [6, 6.07) is 2.99. The van der Waals surface area contributed by atoms with Crippen LogP contribution < -0.4 is 21.1 Å². The van der Waals surface area contributed by atoms with Crippen molar-refractivity contribution in [3.05, 3.63) is 62.2 Å². The van der Waals surface area contributed by atoms with Crippen LogP contribution in [-0.4, -0.2) is 91.4 Å². The Hall–Kier alpha value is -3.66. The van der Waals surface area contributed by atoms with Gasteiger partial charge in [0, 0.05) is 57.4 Å². The molecule has 2 fully saturated rings. The third-order valence-electron chi connectivity index (χ3n) is 9.03. The molecule has 4 aliphatic heterocycles. The number of amides is 1. The minimum atomic E-state index is -4.72. The Balaban J connectivity index is 0.000000412. The normalized spacial score (nSPS) is 22.1. The Morgan fingerprint density at radius 3 is 2.58 bits per heavy atom. The molecule has 2 unspecified atom stereocenters. The Bertz CT molecular complexity index is 1690. The van der Waals surface area contributed by atoms with Gasteiger partial charge in [0.1, 0.15) is 11.5 Å². The van der Waals surface area contributed by atoms with E-state index in [4.69, 9.17) is 44.1 Å². The Labute approximate surface area is 297 Å². The zero-order chi connectivity index (χ0) is 36.3. The van der Waals surface area contributed by atoms with Crippen LogP contribution in [-0.2, 0) is 28.7 Å². The topological polar surface area (TPSA) is 135 Å². The fourth-order valence-electron chi connectivity index (χ4n) is 6.62. The smallest absolute Gasteiger partial charge is 0.418 e. The minimum Gasteiger partial charge on any atom is -0.467 e. The molecule has 2 aromatic rings. The maximum atomic E-state index is 13.9. The molecule has 2 atom stereocenters. The fraction of sp³-hybridized carbons (Fsp3) is 0.515. The molecular weight excluding hydrogens is 703 g/mol. The van der Waals surface area contributed by atoms with Crippen molar-refractivity contribution in [2.45, 2.75) is 57.0 Å². The highest BCUT2D eigenvalue weighted by atomic mass is 35.5. The second-order valence-corrected chi connectivity index (χ2v) is 13.5. The molecule has 0 radical (unpaired) electrons. The third-order valence-corrected chi connectivity index (χ3v) is 9.75. The van der Waals surface area contributed by atoms with E-state index >= 15 is 0 Å². The van der Waals surface area contributed by atoms with Gasteiger partial charge in [-0.3, -0.25) is 14.7 Å². The molecule has 1 aromatic carbocycles. The predicted molar refractivity (Wildman–Crippen MR) is 184 cm³/mol. The number of alkyl halides is 3. The van der Waals surface area contributed by atoms with Crippen LogP contribution >= 0.6 is 23.2 Å². The number of hydrogen-bond donors (Lipinski definition) is 2.